The van der Waals surface area contributed by atoms with Gasteiger partial charge in [0, 0.05) is 13.0 Å². The Morgan fingerprint density at radius 2 is 2.50 bits per heavy atom. The van der Waals surface area contributed by atoms with E-state index in [-0.39, 0.29) is 12.3 Å². The van der Waals surface area contributed by atoms with Crippen LogP contribution in [-0.4, -0.2) is 35.6 Å². The van der Waals surface area contributed by atoms with Crippen LogP contribution in [0.3, 0.4) is 0 Å². The Morgan fingerprint density at radius 3 is 3.08 bits per heavy atom. The van der Waals surface area contributed by atoms with Crippen LogP contribution in [0.25, 0.3) is 0 Å². The first-order valence-electron chi connectivity index (χ1n) is 4.03. The molecule has 1 fully saturated rings. The summed E-state index contributed by atoms with van der Waals surface area (Å²) < 4.78 is 0. The first kappa shape index (κ1) is 9.01. The zero-order valence-corrected chi connectivity index (χ0v) is 6.86. The summed E-state index contributed by atoms with van der Waals surface area (Å²) in [5, 5.41) is 16.9. The molecule has 1 rings (SSSR count). The molecule has 1 unspecified atom stereocenters. The Balaban J connectivity index is 2.26. The number of carbonyl (C=O) groups is 1. The minimum atomic E-state index is -0.737. The summed E-state index contributed by atoms with van der Waals surface area (Å²) in [5.41, 5.74) is 0. The van der Waals surface area contributed by atoms with Gasteiger partial charge in [-0.25, -0.2) is 0 Å². The minimum absolute atomic E-state index is 0.238. The molecule has 0 aromatic rings. The SMILES string of the molecule is N#CCN1CCC(CC(=O)O)C1. The van der Waals surface area contributed by atoms with Crippen molar-refractivity contribution in [2.24, 2.45) is 5.92 Å². The quantitative estimate of drug-likeness (QED) is 0.616. The number of hydrogen-bond donors (Lipinski definition) is 1. The molecule has 1 saturated heterocycles. The Bertz CT molecular complexity index is 210. The van der Waals surface area contributed by atoms with Crippen LogP contribution in [0.2, 0.25) is 0 Å². The maximum atomic E-state index is 10.3. The van der Waals surface area contributed by atoms with E-state index < -0.39 is 5.97 Å². The number of rotatable bonds is 3. The highest BCUT2D eigenvalue weighted by Crippen LogP contribution is 2.18. The fraction of sp³-hybridized carbons (Fsp3) is 0.750. The van der Waals surface area contributed by atoms with Gasteiger partial charge in [0.2, 0.25) is 0 Å². The summed E-state index contributed by atoms with van der Waals surface area (Å²) >= 11 is 0. The third-order valence-electron chi connectivity index (χ3n) is 2.13. The molecule has 1 atom stereocenters. The van der Waals surface area contributed by atoms with Crippen molar-refractivity contribution < 1.29 is 9.90 Å². The Morgan fingerprint density at radius 1 is 1.75 bits per heavy atom. The molecule has 1 aliphatic heterocycles. The number of carboxylic acid groups (broad SMARTS) is 1. The van der Waals surface area contributed by atoms with Gasteiger partial charge < -0.3 is 5.11 Å². The average molecular weight is 168 g/mol. The first-order valence-corrected chi connectivity index (χ1v) is 4.03. The Labute approximate surface area is 71.4 Å². The van der Waals surface area contributed by atoms with Crippen molar-refractivity contribution in [3.05, 3.63) is 0 Å². The smallest absolute Gasteiger partial charge is 0.303 e. The van der Waals surface area contributed by atoms with Crippen molar-refractivity contribution in [3.8, 4) is 6.07 Å². The van der Waals surface area contributed by atoms with E-state index in [0.717, 1.165) is 19.5 Å². The molecule has 12 heavy (non-hydrogen) atoms. The normalized spacial score (nSPS) is 23.8. The highest BCUT2D eigenvalue weighted by atomic mass is 16.4. The number of likely N-dealkylation sites (tertiary alicyclic amines) is 1. The van der Waals surface area contributed by atoms with E-state index in [9.17, 15) is 4.79 Å². The summed E-state index contributed by atoms with van der Waals surface area (Å²) in [6.45, 7) is 2.06. The first-order chi connectivity index (χ1) is 5.72. The van der Waals surface area contributed by atoms with Crippen LogP contribution in [0.1, 0.15) is 12.8 Å². The van der Waals surface area contributed by atoms with Crippen molar-refractivity contribution in [1.82, 2.24) is 4.90 Å². The predicted molar refractivity (Wildman–Crippen MR) is 42.4 cm³/mol. The zero-order chi connectivity index (χ0) is 8.97. The van der Waals surface area contributed by atoms with E-state index in [2.05, 4.69) is 6.07 Å². The standard InChI is InChI=1S/C8H12N2O2/c9-2-4-10-3-1-7(6-10)5-8(11)12/h7H,1,3-6H2,(H,11,12). The summed E-state index contributed by atoms with van der Waals surface area (Å²) in [4.78, 5) is 12.3. The van der Waals surface area contributed by atoms with E-state index in [1.165, 1.54) is 0 Å². The molecule has 4 heteroatoms. The number of hydrogen-bond acceptors (Lipinski definition) is 3. The van der Waals surface area contributed by atoms with Gasteiger partial charge >= 0.3 is 5.97 Å². The lowest BCUT2D eigenvalue weighted by molar-refractivity contribution is -0.138. The highest BCUT2D eigenvalue weighted by Gasteiger charge is 2.23. The van der Waals surface area contributed by atoms with Crippen LogP contribution in [0, 0.1) is 17.2 Å². The van der Waals surface area contributed by atoms with Gasteiger partial charge in [-0.15, -0.1) is 0 Å². The van der Waals surface area contributed by atoms with Crippen molar-refractivity contribution in [1.29, 1.82) is 5.26 Å². The van der Waals surface area contributed by atoms with Crippen LogP contribution in [0.4, 0.5) is 0 Å². The highest BCUT2D eigenvalue weighted by molar-refractivity contribution is 5.67. The Kier molecular flexibility index (Phi) is 3.06. The molecule has 0 amide bonds. The molecular formula is C8H12N2O2. The van der Waals surface area contributed by atoms with Gasteiger partial charge in [0.15, 0.2) is 0 Å². The monoisotopic (exact) mass is 168 g/mol. The van der Waals surface area contributed by atoms with Gasteiger partial charge in [0.05, 0.1) is 12.6 Å². The lowest BCUT2D eigenvalue weighted by Gasteiger charge is -2.09. The second-order valence-corrected chi connectivity index (χ2v) is 3.15. The lowest BCUT2D eigenvalue weighted by atomic mass is 10.1. The largest absolute Gasteiger partial charge is 0.481 e. The minimum Gasteiger partial charge on any atom is -0.481 e. The van der Waals surface area contributed by atoms with Gasteiger partial charge in [-0.05, 0) is 18.9 Å². The molecule has 0 aliphatic carbocycles. The molecule has 0 bridgehead atoms. The van der Waals surface area contributed by atoms with Crippen LogP contribution >= 0.6 is 0 Å². The lowest BCUT2D eigenvalue weighted by Crippen LogP contribution is -2.21. The summed E-state index contributed by atoms with van der Waals surface area (Å²) in [7, 11) is 0. The van der Waals surface area contributed by atoms with E-state index in [1.807, 2.05) is 4.90 Å². The zero-order valence-electron chi connectivity index (χ0n) is 6.86. The molecule has 66 valence electrons. The maximum Gasteiger partial charge on any atom is 0.303 e. The molecule has 4 nitrogen and oxygen atoms in total. The number of nitriles is 1. The maximum absolute atomic E-state index is 10.3. The van der Waals surface area contributed by atoms with Crippen LogP contribution in [0.5, 0.6) is 0 Å². The average Bonchev–Trinajstić information content (AvgIpc) is 2.36. The molecule has 0 aromatic heterocycles. The Hall–Kier alpha value is -1.08. The number of nitrogens with zero attached hydrogens (tertiary/aromatic N) is 2. The van der Waals surface area contributed by atoms with Gasteiger partial charge in [-0.3, -0.25) is 9.69 Å². The second-order valence-electron chi connectivity index (χ2n) is 3.15. The van der Waals surface area contributed by atoms with Gasteiger partial charge in [-0.2, -0.15) is 5.26 Å². The topological polar surface area (TPSA) is 64.3 Å². The van der Waals surface area contributed by atoms with Crippen molar-refractivity contribution >= 4 is 5.97 Å². The fourth-order valence-electron chi connectivity index (χ4n) is 1.57. The van der Waals surface area contributed by atoms with Gasteiger partial charge in [-0.1, -0.05) is 0 Å². The molecule has 1 N–H and O–H groups in total. The second kappa shape index (κ2) is 4.07. The van der Waals surface area contributed by atoms with E-state index in [1.54, 1.807) is 0 Å². The summed E-state index contributed by atoms with van der Waals surface area (Å²) in [6.07, 6.45) is 1.15. The van der Waals surface area contributed by atoms with Crippen molar-refractivity contribution in [2.75, 3.05) is 19.6 Å². The molecule has 0 spiro atoms. The van der Waals surface area contributed by atoms with E-state index in [4.69, 9.17) is 10.4 Å². The van der Waals surface area contributed by atoms with Crippen molar-refractivity contribution in [2.45, 2.75) is 12.8 Å². The van der Waals surface area contributed by atoms with Crippen LogP contribution < -0.4 is 0 Å². The molecule has 0 saturated carbocycles. The number of aliphatic carboxylic acids is 1. The molecule has 0 aromatic carbocycles. The van der Waals surface area contributed by atoms with E-state index >= 15 is 0 Å². The van der Waals surface area contributed by atoms with Crippen molar-refractivity contribution in [3.63, 3.8) is 0 Å². The third-order valence-corrected chi connectivity index (χ3v) is 2.13. The third kappa shape index (κ3) is 2.51. The summed E-state index contributed by atoms with van der Waals surface area (Å²) in [6, 6.07) is 2.06. The fourth-order valence-corrected chi connectivity index (χ4v) is 1.57. The van der Waals surface area contributed by atoms with E-state index in [0.29, 0.717) is 6.54 Å². The van der Waals surface area contributed by atoms with Crippen LogP contribution in [-0.2, 0) is 4.79 Å². The van der Waals surface area contributed by atoms with Crippen LogP contribution in [0.15, 0.2) is 0 Å². The molecule has 1 aliphatic rings. The predicted octanol–water partition coefficient (Wildman–Crippen LogP) is 0.307. The molecular weight excluding hydrogens is 156 g/mol. The molecule has 0 radical (unpaired) electrons. The number of carboxylic acids is 1. The summed E-state index contributed by atoms with van der Waals surface area (Å²) in [5.74, 6) is -0.491. The van der Waals surface area contributed by atoms with Gasteiger partial charge in [0.25, 0.3) is 0 Å². The van der Waals surface area contributed by atoms with Gasteiger partial charge in [0.1, 0.15) is 0 Å². The molecule has 1 heterocycles.